The van der Waals surface area contributed by atoms with Gasteiger partial charge in [-0.2, -0.15) is 10.1 Å². The highest BCUT2D eigenvalue weighted by molar-refractivity contribution is 7.80. The Labute approximate surface area is 214 Å². The molecule has 0 aromatic heterocycles. The molecule has 0 amide bonds. The fourth-order valence-corrected chi connectivity index (χ4v) is 3.27. The molecule has 0 atom stereocenters. The second-order valence-electron chi connectivity index (χ2n) is 6.84. The van der Waals surface area contributed by atoms with Gasteiger partial charge in [0.1, 0.15) is 39.4 Å². The first-order chi connectivity index (χ1) is 16.6. The smallest absolute Gasteiger partial charge is 0.343 e. The molecular formula is C23H26N2O8S2. The molecule has 0 fully saturated rings. The first-order valence-electron chi connectivity index (χ1n) is 10.1. The number of hydrogen-bond donors (Lipinski definition) is 0. The predicted molar refractivity (Wildman–Crippen MR) is 135 cm³/mol. The van der Waals surface area contributed by atoms with Crippen molar-refractivity contribution in [1.29, 1.82) is 0 Å². The normalized spacial score (nSPS) is 10.0. The first-order valence-corrected chi connectivity index (χ1v) is 10.9. The van der Waals surface area contributed by atoms with E-state index in [0.717, 1.165) is 10.1 Å². The van der Waals surface area contributed by atoms with E-state index in [9.17, 15) is 9.59 Å². The molecule has 0 aliphatic rings. The monoisotopic (exact) mass is 522 g/mol. The van der Waals surface area contributed by atoms with Gasteiger partial charge in [0.25, 0.3) is 0 Å². The molecule has 0 bridgehead atoms. The fourth-order valence-electron chi connectivity index (χ4n) is 2.87. The third-order valence-corrected chi connectivity index (χ3v) is 5.57. The molecular weight excluding hydrogens is 496 g/mol. The van der Waals surface area contributed by atoms with Crippen molar-refractivity contribution < 1.29 is 38.2 Å². The molecule has 10 nitrogen and oxygen atoms in total. The van der Waals surface area contributed by atoms with Crippen LogP contribution in [0.1, 0.15) is 17.5 Å². The Morgan fingerprint density at radius 2 is 1.06 bits per heavy atom. The minimum atomic E-state index is -0.889. The molecule has 188 valence electrons. The second kappa shape index (κ2) is 12.7. The zero-order valence-electron chi connectivity index (χ0n) is 20.1. The maximum absolute atomic E-state index is 12.3. The van der Waals surface area contributed by atoms with E-state index in [-0.39, 0.29) is 9.98 Å². The molecule has 0 aliphatic carbocycles. The molecule has 2 aromatic carbocycles. The molecule has 0 heterocycles. The van der Waals surface area contributed by atoms with Crippen molar-refractivity contribution >= 4 is 46.4 Å². The number of hydrogen-bond acceptors (Lipinski definition) is 10. The van der Waals surface area contributed by atoms with Gasteiger partial charge in [0.05, 0.1) is 39.6 Å². The average molecular weight is 523 g/mol. The molecule has 12 heteroatoms. The van der Waals surface area contributed by atoms with Crippen LogP contribution in [-0.2, 0) is 19.3 Å². The molecule has 0 N–H and O–H groups in total. The van der Waals surface area contributed by atoms with Gasteiger partial charge >= 0.3 is 11.9 Å². The van der Waals surface area contributed by atoms with E-state index < -0.39 is 18.4 Å². The minimum Gasteiger partial charge on any atom is -0.497 e. The summed E-state index contributed by atoms with van der Waals surface area (Å²) in [6.45, 7) is 0. The summed E-state index contributed by atoms with van der Waals surface area (Å²) >= 11 is 10.8. The van der Waals surface area contributed by atoms with E-state index in [1.165, 1.54) is 42.5 Å². The van der Waals surface area contributed by atoms with Crippen LogP contribution >= 0.6 is 24.4 Å². The van der Waals surface area contributed by atoms with E-state index in [4.69, 9.17) is 53.1 Å². The Morgan fingerprint density at radius 3 is 1.37 bits per heavy atom. The highest BCUT2D eigenvalue weighted by atomic mass is 32.1. The summed E-state index contributed by atoms with van der Waals surface area (Å²) in [7, 11) is 8.85. The van der Waals surface area contributed by atoms with E-state index in [1.54, 1.807) is 36.4 Å². The molecule has 0 spiro atoms. The Morgan fingerprint density at radius 1 is 0.686 bits per heavy atom. The maximum Gasteiger partial charge on any atom is 0.343 e. The van der Waals surface area contributed by atoms with E-state index in [1.807, 2.05) is 0 Å². The zero-order chi connectivity index (χ0) is 26.1. The van der Waals surface area contributed by atoms with Gasteiger partial charge in [-0.15, -0.1) is 0 Å². The number of methoxy groups -OCH3 is 4. The van der Waals surface area contributed by atoms with E-state index >= 15 is 0 Å². The Kier molecular flexibility index (Phi) is 10.0. The number of carbonyl (C=O) groups excluding carboxylic acids is 2. The number of hydroxylamine groups is 4. The molecule has 0 saturated carbocycles. The van der Waals surface area contributed by atoms with Crippen molar-refractivity contribution in [3.05, 3.63) is 47.5 Å². The van der Waals surface area contributed by atoms with Gasteiger partial charge in [0.15, 0.2) is 0 Å². The summed E-state index contributed by atoms with van der Waals surface area (Å²) in [5, 5.41) is 2.11. The lowest BCUT2D eigenvalue weighted by molar-refractivity contribution is -0.181. The summed E-state index contributed by atoms with van der Waals surface area (Å²) in [5.41, 5.74) is 0.939. The first kappa shape index (κ1) is 27.6. The van der Waals surface area contributed by atoms with Crippen LogP contribution in [0.5, 0.6) is 23.0 Å². The van der Waals surface area contributed by atoms with Crippen LogP contribution in [0, 0.1) is 0 Å². The molecule has 0 aliphatic heterocycles. The lowest BCUT2D eigenvalue weighted by Crippen LogP contribution is -2.33. The molecule has 2 aromatic rings. The van der Waals surface area contributed by atoms with Gasteiger partial charge in [0, 0.05) is 14.1 Å². The van der Waals surface area contributed by atoms with Crippen LogP contribution < -0.4 is 18.9 Å². The predicted octanol–water partition coefficient (Wildman–Crippen LogP) is 2.94. The van der Waals surface area contributed by atoms with Crippen molar-refractivity contribution in [3.63, 3.8) is 0 Å². The number of ether oxygens (including phenoxy) is 4. The van der Waals surface area contributed by atoms with Gasteiger partial charge in [-0.25, -0.2) is 9.59 Å². The van der Waals surface area contributed by atoms with Gasteiger partial charge in [0.2, 0.25) is 0 Å². The Balaban J connectivity index is 2.00. The van der Waals surface area contributed by atoms with E-state index in [2.05, 4.69) is 0 Å². The zero-order valence-corrected chi connectivity index (χ0v) is 21.8. The molecule has 0 unspecified atom stereocenters. The van der Waals surface area contributed by atoms with Crippen molar-refractivity contribution in [2.24, 2.45) is 0 Å². The number of carbonyl (C=O) groups is 2. The van der Waals surface area contributed by atoms with E-state index in [0.29, 0.717) is 34.1 Å². The third kappa shape index (κ3) is 7.17. The quantitative estimate of drug-likeness (QED) is 0.290. The topological polar surface area (TPSA) is 96.0 Å². The van der Waals surface area contributed by atoms with Gasteiger partial charge in [-0.1, -0.05) is 24.4 Å². The maximum atomic E-state index is 12.3. The number of thiocarbonyl (C=S) groups is 2. The second-order valence-corrected chi connectivity index (χ2v) is 7.61. The van der Waals surface area contributed by atoms with Gasteiger partial charge in [-0.3, -0.25) is 0 Å². The van der Waals surface area contributed by atoms with Crippen molar-refractivity contribution in [2.45, 2.75) is 6.42 Å². The lowest BCUT2D eigenvalue weighted by Gasteiger charge is -2.22. The van der Waals surface area contributed by atoms with Crippen LogP contribution in [0.25, 0.3) is 0 Å². The van der Waals surface area contributed by atoms with Crippen LogP contribution in [0.4, 0.5) is 0 Å². The van der Waals surface area contributed by atoms with Crippen molar-refractivity contribution in [3.8, 4) is 23.0 Å². The highest BCUT2D eigenvalue weighted by Gasteiger charge is 2.23. The van der Waals surface area contributed by atoms with Gasteiger partial charge < -0.3 is 28.6 Å². The largest absolute Gasteiger partial charge is 0.497 e. The lowest BCUT2D eigenvalue weighted by atomic mass is 10.2. The Bertz CT molecular complexity index is 1020. The summed E-state index contributed by atoms with van der Waals surface area (Å²) in [6.07, 6.45) is -0.690. The molecule has 0 radical (unpaired) electrons. The molecule has 0 saturated heterocycles. The fraction of sp³-hybridized carbons (Fsp3) is 0.304. The van der Waals surface area contributed by atoms with Crippen molar-refractivity contribution in [2.75, 3.05) is 42.5 Å². The highest BCUT2D eigenvalue weighted by Crippen LogP contribution is 2.27. The minimum absolute atomic E-state index is 0.144. The number of rotatable bonds is 8. The average Bonchev–Trinajstić information content (AvgIpc) is 2.86. The van der Waals surface area contributed by atoms with Gasteiger partial charge in [-0.05, 0) is 36.4 Å². The van der Waals surface area contributed by atoms with Crippen LogP contribution in [0.15, 0.2) is 36.4 Å². The number of nitrogens with zero attached hydrogens (tertiary/aromatic N) is 2. The summed E-state index contributed by atoms with van der Waals surface area (Å²) in [6, 6.07) is 10.0. The van der Waals surface area contributed by atoms with Crippen LogP contribution in [0.3, 0.4) is 0 Å². The van der Waals surface area contributed by atoms with Crippen molar-refractivity contribution in [1.82, 2.24) is 10.1 Å². The summed E-state index contributed by atoms with van der Waals surface area (Å²) in [4.78, 5) is 35.3. The van der Waals surface area contributed by atoms with Crippen LogP contribution in [0.2, 0.25) is 0 Å². The standard InChI is InChI=1S/C23H26N2O8S2/c1-24(22(34)16-11-14(28-3)7-9-18(16)30-5)32-20(26)13-21(27)33-25(2)23(35)17-12-15(29-4)8-10-19(17)31-6/h7-12H,13H2,1-6H3. The summed E-state index contributed by atoms with van der Waals surface area (Å²) < 4.78 is 21.0. The number of benzene rings is 2. The Hall–Kier alpha value is -3.64. The van der Waals surface area contributed by atoms with Crippen LogP contribution in [-0.4, -0.2) is 74.6 Å². The summed E-state index contributed by atoms with van der Waals surface area (Å²) in [5.74, 6) is 0.221. The SMILES string of the molecule is COc1ccc(OC)c(C(=S)N(C)OC(=O)CC(=O)ON(C)C(=S)c2cc(OC)ccc2OC)c1. The molecule has 35 heavy (non-hydrogen) atoms. The molecule has 2 rings (SSSR count). The third-order valence-electron chi connectivity index (χ3n) is 4.61.